The van der Waals surface area contributed by atoms with Crippen LogP contribution in [-0.2, 0) is 14.4 Å². The highest BCUT2D eigenvalue weighted by Crippen LogP contribution is 2.37. The molecule has 6 nitrogen and oxygen atoms in total. The Bertz CT molecular complexity index is 365. The summed E-state index contributed by atoms with van der Waals surface area (Å²) >= 11 is 1.54. The molecule has 3 N–H and O–H groups in total. The van der Waals surface area contributed by atoms with Crippen LogP contribution >= 0.6 is 11.8 Å². The SMILES string of the molecule is CC1(C(=O)N[C@H](CCCC(=O)O)C(=O)O)CCCS1. The van der Waals surface area contributed by atoms with Crippen molar-refractivity contribution in [2.24, 2.45) is 0 Å². The lowest BCUT2D eigenvalue weighted by Gasteiger charge is -2.24. The fourth-order valence-electron chi connectivity index (χ4n) is 1.98. The molecule has 1 rings (SSSR count). The molecule has 0 radical (unpaired) electrons. The van der Waals surface area contributed by atoms with Crippen molar-refractivity contribution in [1.29, 1.82) is 0 Å². The first-order chi connectivity index (χ1) is 8.85. The molecule has 0 aromatic heterocycles. The van der Waals surface area contributed by atoms with Crippen molar-refractivity contribution in [3.8, 4) is 0 Å². The van der Waals surface area contributed by atoms with Crippen LogP contribution in [0, 0.1) is 0 Å². The molecule has 0 aliphatic carbocycles. The van der Waals surface area contributed by atoms with Gasteiger partial charge in [-0.2, -0.15) is 0 Å². The second-order valence-corrected chi connectivity index (χ2v) is 6.43. The molecular weight excluding hydrogens is 270 g/mol. The molecule has 2 atom stereocenters. The average molecular weight is 289 g/mol. The number of hydrogen-bond donors (Lipinski definition) is 3. The standard InChI is InChI=1S/C12H19NO5S/c1-12(6-3-7-19-12)11(18)13-8(10(16)17)4-2-5-9(14)15/h8H,2-7H2,1H3,(H,13,18)(H,14,15)(H,16,17)/t8-,12?/m1/s1. The predicted molar refractivity (Wildman–Crippen MR) is 71.2 cm³/mol. The summed E-state index contributed by atoms with van der Waals surface area (Å²) in [7, 11) is 0. The van der Waals surface area contributed by atoms with Crippen molar-refractivity contribution in [3.63, 3.8) is 0 Å². The number of hydrogen-bond acceptors (Lipinski definition) is 4. The summed E-state index contributed by atoms with van der Waals surface area (Å²) in [6, 6.07) is -1.01. The lowest BCUT2D eigenvalue weighted by molar-refractivity contribution is -0.143. The molecule has 108 valence electrons. The van der Waals surface area contributed by atoms with Crippen molar-refractivity contribution >= 4 is 29.6 Å². The Labute approximate surface area is 115 Å². The van der Waals surface area contributed by atoms with Gasteiger partial charge in [0, 0.05) is 6.42 Å². The Morgan fingerprint density at radius 3 is 2.53 bits per heavy atom. The maximum Gasteiger partial charge on any atom is 0.326 e. The Balaban J connectivity index is 2.51. The van der Waals surface area contributed by atoms with Crippen LogP contribution in [0.3, 0.4) is 0 Å². The van der Waals surface area contributed by atoms with Crippen LogP contribution in [0.25, 0.3) is 0 Å². The zero-order valence-electron chi connectivity index (χ0n) is 10.8. The zero-order valence-corrected chi connectivity index (χ0v) is 11.7. The molecule has 0 bridgehead atoms. The van der Waals surface area contributed by atoms with E-state index in [0.717, 1.165) is 18.6 Å². The van der Waals surface area contributed by atoms with E-state index in [4.69, 9.17) is 10.2 Å². The van der Waals surface area contributed by atoms with E-state index in [-0.39, 0.29) is 25.2 Å². The van der Waals surface area contributed by atoms with Crippen LogP contribution < -0.4 is 5.32 Å². The maximum atomic E-state index is 12.1. The van der Waals surface area contributed by atoms with Gasteiger partial charge in [-0.3, -0.25) is 9.59 Å². The summed E-state index contributed by atoms with van der Waals surface area (Å²) in [5, 5.41) is 20.1. The van der Waals surface area contributed by atoms with Gasteiger partial charge >= 0.3 is 11.9 Å². The number of amides is 1. The van der Waals surface area contributed by atoms with E-state index in [1.807, 2.05) is 6.92 Å². The van der Waals surface area contributed by atoms with E-state index in [2.05, 4.69) is 5.32 Å². The quantitative estimate of drug-likeness (QED) is 0.648. The van der Waals surface area contributed by atoms with Gasteiger partial charge in [-0.25, -0.2) is 4.79 Å². The number of rotatable bonds is 7. The Kier molecular flexibility index (Phi) is 5.65. The molecule has 1 fully saturated rings. The number of carbonyl (C=O) groups is 3. The summed E-state index contributed by atoms with van der Waals surface area (Å²) < 4.78 is -0.555. The third-order valence-electron chi connectivity index (χ3n) is 3.19. The second-order valence-electron chi connectivity index (χ2n) is 4.83. The van der Waals surface area contributed by atoms with Gasteiger partial charge in [-0.05, 0) is 38.4 Å². The first-order valence-electron chi connectivity index (χ1n) is 6.25. The number of carbonyl (C=O) groups excluding carboxylic acids is 1. The molecule has 1 amide bonds. The highest BCUT2D eigenvalue weighted by atomic mass is 32.2. The molecular formula is C12H19NO5S. The van der Waals surface area contributed by atoms with Crippen LogP contribution in [0.5, 0.6) is 0 Å². The van der Waals surface area contributed by atoms with Crippen LogP contribution in [0.4, 0.5) is 0 Å². The maximum absolute atomic E-state index is 12.1. The monoisotopic (exact) mass is 289 g/mol. The van der Waals surface area contributed by atoms with Crippen molar-refractivity contribution in [1.82, 2.24) is 5.32 Å². The summed E-state index contributed by atoms with van der Waals surface area (Å²) in [4.78, 5) is 33.5. The Morgan fingerprint density at radius 2 is 2.05 bits per heavy atom. The molecule has 1 aliphatic rings. The van der Waals surface area contributed by atoms with Gasteiger partial charge in [0.15, 0.2) is 0 Å². The molecule has 0 aromatic carbocycles. The van der Waals surface area contributed by atoms with Crippen molar-refractivity contribution in [3.05, 3.63) is 0 Å². The van der Waals surface area contributed by atoms with Gasteiger partial charge in [0.2, 0.25) is 5.91 Å². The third-order valence-corrected chi connectivity index (χ3v) is 4.71. The summed E-state index contributed by atoms with van der Waals surface area (Å²) in [6.45, 7) is 1.82. The fraction of sp³-hybridized carbons (Fsp3) is 0.750. The van der Waals surface area contributed by atoms with Gasteiger partial charge in [-0.15, -0.1) is 11.8 Å². The van der Waals surface area contributed by atoms with Crippen LogP contribution in [0.2, 0.25) is 0 Å². The lowest BCUT2D eigenvalue weighted by atomic mass is 10.0. The molecule has 7 heteroatoms. The molecule has 0 saturated carbocycles. The molecule has 0 spiro atoms. The number of carboxylic acid groups (broad SMARTS) is 2. The minimum absolute atomic E-state index is 0.0916. The number of thioether (sulfide) groups is 1. The molecule has 1 aliphatic heterocycles. The third kappa shape index (κ3) is 4.74. The molecule has 0 aromatic rings. The minimum Gasteiger partial charge on any atom is -0.481 e. The second kappa shape index (κ2) is 6.79. The normalized spacial score (nSPS) is 23.8. The molecule has 1 heterocycles. The minimum atomic E-state index is -1.12. The van der Waals surface area contributed by atoms with E-state index in [9.17, 15) is 14.4 Å². The van der Waals surface area contributed by atoms with Crippen molar-refractivity contribution in [2.45, 2.75) is 49.8 Å². The summed E-state index contributed by atoms with van der Waals surface area (Å²) in [6.07, 6.45) is 1.96. The molecule has 1 unspecified atom stereocenters. The van der Waals surface area contributed by atoms with Gasteiger partial charge in [-0.1, -0.05) is 0 Å². The van der Waals surface area contributed by atoms with Gasteiger partial charge < -0.3 is 15.5 Å². The highest BCUT2D eigenvalue weighted by Gasteiger charge is 2.38. The van der Waals surface area contributed by atoms with Gasteiger partial charge in [0.05, 0.1) is 4.75 Å². The molecule has 19 heavy (non-hydrogen) atoms. The van der Waals surface area contributed by atoms with Gasteiger partial charge in [0.1, 0.15) is 6.04 Å². The fourth-order valence-corrected chi connectivity index (χ4v) is 3.20. The van der Waals surface area contributed by atoms with Crippen LogP contribution in [-0.4, -0.2) is 44.6 Å². The number of carboxylic acids is 2. The van der Waals surface area contributed by atoms with Crippen LogP contribution in [0.15, 0.2) is 0 Å². The number of aliphatic carboxylic acids is 2. The van der Waals surface area contributed by atoms with E-state index in [1.165, 1.54) is 11.8 Å². The van der Waals surface area contributed by atoms with E-state index in [1.54, 1.807) is 0 Å². The highest BCUT2D eigenvalue weighted by molar-refractivity contribution is 8.01. The van der Waals surface area contributed by atoms with E-state index in [0.29, 0.717) is 0 Å². The van der Waals surface area contributed by atoms with Crippen molar-refractivity contribution in [2.75, 3.05) is 5.75 Å². The van der Waals surface area contributed by atoms with E-state index >= 15 is 0 Å². The Morgan fingerprint density at radius 1 is 1.37 bits per heavy atom. The first-order valence-corrected chi connectivity index (χ1v) is 7.23. The topological polar surface area (TPSA) is 104 Å². The van der Waals surface area contributed by atoms with Crippen LogP contribution in [0.1, 0.15) is 39.0 Å². The van der Waals surface area contributed by atoms with Gasteiger partial charge in [0.25, 0.3) is 0 Å². The Hall–Kier alpha value is -1.24. The van der Waals surface area contributed by atoms with Crippen molar-refractivity contribution < 1.29 is 24.6 Å². The average Bonchev–Trinajstić information content (AvgIpc) is 2.75. The number of nitrogens with one attached hydrogen (secondary N) is 1. The lowest BCUT2D eigenvalue weighted by Crippen LogP contribution is -2.48. The summed E-state index contributed by atoms with van der Waals surface area (Å²) in [5.74, 6) is -1.45. The summed E-state index contributed by atoms with van der Waals surface area (Å²) in [5.41, 5.74) is 0. The zero-order chi connectivity index (χ0) is 14.5. The smallest absolute Gasteiger partial charge is 0.326 e. The largest absolute Gasteiger partial charge is 0.481 e. The molecule has 1 saturated heterocycles. The first kappa shape index (κ1) is 15.8. The van der Waals surface area contributed by atoms with E-state index < -0.39 is 22.7 Å². The predicted octanol–water partition coefficient (Wildman–Crippen LogP) is 1.10.